The van der Waals surface area contributed by atoms with Gasteiger partial charge in [-0.3, -0.25) is 0 Å². The van der Waals surface area contributed by atoms with Crippen molar-refractivity contribution in [3.63, 3.8) is 0 Å². The minimum atomic E-state index is 0.240. The van der Waals surface area contributed by atoms with Gasteiger partial charge in [-0.2, -0.15) is 0 Å². The van der Waals surface area contributed by atoms with Crippen molar-refractivity contribution in [1.29, 1.82) is 0 Å². The maximum absolute atomic E-state index is 5.99. The first kappa shape index (κ1) is 12.4. The molecule has 0 saturated heterocycles. The molecule has 2 nitrogen and oxygen atoms in total. The molecular weight excluding hydrogens is 258 g/mol. The summed E-state index contributed by atoms with van der Waals surface area (Å²) in [5.41, 5.74) is 3.61. The molecule has 1 unspecified atom stereocenters. The molecule has 0 bridgehead atoms. The average Bonchev–Trinajstić information content (AvgIpc) is 2.85. The standard InChI is InChI=1S/C16H16ClNO/c1-11(18-15-4-2-3-14(17)10-15)12-5-6-16-13(9-12)7-8-19-16/h2-6,9-11,18H,7-8H2,1H3. The van der Waals surface area contributed by atoms with E-state index in [4.69, 9.17) is 16.3 Å². The molecular formula is C16H16ClNO. The third kappa shape index (κ3) is 2.69. The highest BCUT2D eigenvalue weighted by atomic mass is 35.5. The molecule has 0 fully saturated rings. The number of benzene rings is 2. The second-order valence-corrected chi connectivity index (χ2v) is 5.28. The summed E-state index contributed by atoms with van der Waals surface area (Å²) < 4.78 is 5.53. The van der Waals surface area contributed by atoms with Gasteiger partial charge in [0.25, 0.3) is 0 Å². The number of hydrogen-bond acceptors (Lipinski definition) is 2. The predicted molar refractivity (Wildman–Crippen MR) is 79.1 cm³/mol. The lowest BCUT2D eigenvalue weighted by molar-refractivity contribution is 0.357. The van der Waals surface area contributed by atoms with Crippen molar-refractivity contribution in [1.82, 2.24) is 0 Å². The zero-order valence-electron chi connectivity index (χ0n) is 10.8. The fourth-order valence-electron chi connectivity index (χ4n) is 2.39. The number of fused-ring (bicyclic) bond motifs is 1. The van der Waals surface area contributed by atoms with Crippen molar-refractivity contribution in [2.24, 2.45) is 0 Å². The Morgan fingerprint density at radius 3 is 2.95 bits per heavy atom. The Labute approximate surface area is 118 Å². The number of anilines is 1. The lowest BCUT2D eigenvalue weighted by Crippen LogP contribution is -2.06. The first-order chi connectivity index (χ1) is 9.22. The third-order valence-corrected chi connectivity index (χ3v) is 3.66. The van der Waals surface area contributed by atoms with Crippen LogP contribution in [0.4, 0.5) is 5.69 Å². The summed E-state index contributed by atoms with van der Waals surface area (Å²) in [5, 5.41) is 4.21. The second kappa shape index (κ2) is 5.14. The van der Waals surface area contributed by atoms with Gasteiger partial charge in [-0.15, -0.1) is 0 Å². The van der Waals surface area contributed by atoms with Crippen LogP contribution >= 0.6 is 11.6 Å². The van der Waals surface area contributed by atoms with Gasteiger partial charge in [0.2, 0.25) is 0 Å². The molecule has 98 valence electrons. The fourth-order valence-corrected chi connectivity index (χ4v) is 2.58. The molecule has 1 aliphatic rings. The van der Waals surface area contributed by atoms with Crippen LogP contribution in [0.3, 0.4) is 0 Å². The van der Waals surface area contributed by atoms with Gasteiger partial charge in [0.05, 0.1) is 6.61 Å². The van der Waals surface area contributed by atoms with Crippen LogP contribution < -0.4 is 10.1 Å². The molecule has 0 aromatic heterocycles. The zero-order valence-corrected chi connectivity index (χ0v) is 11.6. The van der Waals surface area contributed by atoms with Gasteiger partial charge >= 0.3 is 0 Å². The van der Waals surface area contributed by atoms with E-state index in [2.05, 4.69) is 30.4 Å². The summed E-state index contributed by atoms with van der Waals surface area (Å²) in [4.78, 5) is 0. The van der Waals surface area contributed by atoms with E-state index in [0.717, 1.165) is 29.5 Å². The maximum atomic E-state index is 5.99. The fraction of sp³-hybridized carbons (Fsp3) is 0.250. The van der Waals surface area contributed by atoms with Crippen LogP contribution in [-0.2, 0) is 6.42 Å². The number of halogens is 1. The van der Waals surface area contributed by atoms with Crippen LogP contribution in [-0.4, -0.2) is 6.61 Å². The highest BCUT2D eigenvalue weighted by Gasteiger charge is 2.14. The van der Waals surface area contributed by atoms with E-state index in [-0.39, 0.29) is 6.04 Å². The summed E-state index contributed by atoms with van der Waals surface area (Å²) in [6, 6.07) is 14.4. The molecule has 0 spiro atoms. The van der Waals surface area contributed by atoms with Crippen molar-refractivity contribution in [3.05, 3.63) is 58.6 Å². The van der Waals surface area contributed by atoms with Gasteiger partial charge < -0.3 is 10.1 Å². The van der Waals surface area contributed by atoms with Crippen molar-refractivity contribution >= 4 is 17.3 Å². The van der Waals surface area contributed by atoms with Gasteiger partial charge in [-0.1, -0.05) is 23.7 Å². The molecule has 3 heteroatoms. The maximum Gasteiger partial charge on any atom is 0.122 e. The second-order valence-electron chi connectivity index (χ2n) is 4.84. The Balaban J connectivity index is 1.78. The van der Waals surface area contributed by atoms with Crippen LogP contribution in [0.5, 0.6) is 5.75 Å². The molecule has 0 amide bonds. The van der Waals surface area contributed by atoms with Gasteiger partial charge in [0.15, 0.2) is 0 Å². The normalized spacial score (nSPS) is 14.6. The van der Waals surface area contributed by atoms with Crippen molar-refractivity contribution in [2.45, 2.75) is 19.4 Å². The molecule has 1 atom stereocenters. The van der Waals surface area contributed by atoms with E-state index in [9.17, 15) is 0 Å². The number of rotatable bonds is 3. The predicted octanol–water partition coefficient (Wildman–Crippen LogP) is 4.45. The highest BCUT2D eigenvalue weighted by Crippen LogP contribution is 2.29. The minimum Gasteiger partial charge on any atom is -0.493 e. The summed E-state index contributed by atoms with van der Waals surface area (Å²) >= 11 is 5.99. The molecule has 1 heterocycles. The summed E-state index contributed by atoms with van der Waals surface area (Å²) in [6.07, 6.45) is 1.01. The summed E-state index contributed by atoms with van der Waals surface area (Å²) in [7, 11) is 0. The van der Waals surface area contributed by atoms with E-state index in [1.54, 1.807) is 0 Å². The van der Waals surface area contributed by atoms with E-state index in [0.29, 0.717) is 0 Å². The molecule has 0 saturated carbocycles. The van der Waals surface area contributed by atoms with E-state index >= 15 is 0 Å². The number of nitrogens with one attached hydrogen (secondary N) is 1. The Morgan fingerprint density at radius 2 is 2.11 bits per heavy atom. The molecule has 3 rings (SSSR count). The lowest BCUT2D eigenvalue weighted by atomic mass is 10.0. The number of hydrogen-bond donors (Lipinski definition) is 1. The smallest absolute Gasteiger partial charge is 0.122 e. The third-order valence-electron chi connectivity index (χ3n) is 3.42. The first-order valence-electron chi connectivity index (χ1n) is 6.50. The van der Waals surface area contributed by atoms with Gasteiger partial charge in [-0.25, -0.2) is 0 Å². The topological polar surface area (TPSA) is 21.3 Å². The average molecular weight is 274 g/mol. The molecule has 0 aliphatic carbocycles. The highest BCUT2D eigenvalue weighted by molar-refractivity contribution is 6.30. The van der Waals surface area contributed by atoms with E-state index in [1.807, 2.05) is 24.3 Å². The van der Waals surface area contributed by atoms with Crippen LogP contribution in [0, 0.1) is 0 Å². The van der Waals surface area contributed by atoms with Crippen LogP contribution in [0.15, 0.2) is 42.5 Å². The minimum absolute atomic E-state index is 0.240. The largest absolute Gasteiger partial charge is 0.493 e. The molecule has 2 aromatic rings. The van der Waals surface area contributed by atoms with Crippen molar-refractivity contribution in [2.75, 3.05) is 11.9 Å². The zero-order chi connectivity index (χ0) is 13.2. The summed E-state index contributed by atoms with van der Waals surface area (Å²) in [5.74, 6) is 1.03. The Hall–Kier alpha value is -1.67. The Kier molecular flexibility index (Phi) is 3.34. The Bertz CT molecular complexity index is 597. The van der Waals surface area contributed by atoms with Gasteiger partial charge in [0, 0.05) is 23.2 Å². The SMILES string of the molecule is CC(Nc1cccc(Cl)c1)c1ccc2c(c1)CCO2. The van der Waals surface area contributed by atoms with Crippen LogP contribution in [0.1, 0.15) is 24.1 Å². The summed E-state index contributed by atoms with van der Waals surface area (Å²) in [6.45, 7) is 2.95. The lowest BCUT2D eigenvalue weighted by Gasteiger charge is -2.16. The molecule has 2 aromatic carbocycles. The quantitative estimate of drug-likeness (QED) is 0.892. The van der Waals surface area contributed by atoms with Gasteiger partial charge in [-0.05, 0) is 48.4 Å². The number of ether oxygens (including phenoxy) is 1. The van der Waals surface area contributed by atoms with Crippen molar-refractivity contribution in [3.8, 4) is 5.75 Å². The van der Waals surface area contributed by atoms with E-state index in [1.165, 1.54) is 11.1 Å². The molecule has 1 aliphatic heterocycles. The van der Waals surface area contributed by atoms with Crippen LogP contribution in [0.25, 0.3) is 0 Å². The Morgan fingerprint density at radius 1 is 1.21 bits per heavy atom. The molecule has 1 N–H and O–H groups in total. The van der Waals surface area contributed by atoms with Gasteiger partial charge in [0.1, 0.15) is 5.75 Å². The molecule has 19 heavy (non-hydrogen) atoms. The monoisotopic (exact) mass is 273 g/mol. The van der Waals surface area contributed by atoms with E-state index < -0.39 is 0 Å². The van der Waals surface area contributed by atoms with Crippen molar-refractivity contribution < 1.29 is 4.74 Å². The van der Waals surface area contributed by atoms with Crippen LogP contribution in [0.2, 0.25) is 5.02 Å². The molecule has 0 radical (unpaired) electrons. The first-order valence-corrected chi connectivity index (χ1v) is 6.88.